The zero-order valence-electron chi connectivity index (χ0n) is 16.3. The van der Waals surface area contributed by atoms with Crippen LogP contribution in [-0.4, -0.2) is 78.4 Å². The Bertz CT molecular complexity index is 701. The first kappa shape index (κ1) is 20.7. The predicted octanol–water partition coefficient (Wildman–Crippen LogP) is 1.92. The summed E-state index contributed by atoms with van der Waals surface area (Å²) in [6.07, 6.45) is 3.38. The smallest absolute Gasteiger partial charge is 0.241 e. The van der Waals surface area contributed by atoms with Crippen molar-refractivity contribution in [2.45, 2.75) is 32.2 Å². The molecule has 0 spiro atoms. The van der Waals surface area contributed by atoms with E-state index in [2.05, 4.69) is 10.2 Å². The highest BCUT2D eigenvalue weighted by Gasteiger charge is 2.27. The molecule has 0 aromatic heterocycles. The molecule has 2 aliphatic rings. The lowest BCUT2D eigenvalue weighted by Gasteiger charge is -2.38. The van der Waals surface area contributed by atoms with Gasteiger partial charge in [0.15, 0.2) is 11.6 Å². The first-order valence-electron chi connectivity index (χ1n) is 9.94. The lowest BCUT2D eigenvalue weighted by Crippen LogP contribution is -2.54. The van der Waals surface area contributed by atoms with E-state index in [0.29, 0.717) is 19.6 Å². The Labute approximate surface area is 164 Å². The van der Waals surface area contributed by atoms with E-state index >= 15 is 0 Å². The summed E-state index contributed by atoms with van der Waals surface area (Å²) in [5, 5.41) is 2.63. The molecular weight excluding hydrogens is 366 g/mol. The van der Waals surface area contributed by atoms with Gasteiger partial charge in [0.2, 0.25) is 11.8 Å². The summed E-state index contributed by atoms with van der Waals surface area (Å²) in [5.41, 5.74) is 0.238. The summed E-state index contributed by atoms with van der Waals surface area (Å²) in [6.45, 7) is 6.76. The van der Waals surface area contributed by atoms with E-state index in [1.807, 2.05) is 9.80 Å². The number of nitrogens with one attached hydrogen (secondary N) is 1. The fourth-order valence-electron chi connectivity index (χ4n) is 3.73. The number of benzene rings is 1. The number of carbonyl (C=O) groups excluding carboxylic acids is 2. The molecular formula is C20H28F2N4O2. The van der Waals surface area contributed by atoms with Gasteiger partial charge in [0.05, 0.1) is 12.6 Å². The minimum Gasteiger partial charge on any atom is -0.342 e. The minimum atomic E-state index is -0.988. The van der Waals surface area contributed by atoms with Crippen molar-refractivity contribution in [1.29, 1.82) is 0 Å². The van der Waals surface area contributed by atoms with E-state index in [1.54, 1.807) is 6.92 Å². The first-order valence-corrected chi connectivity index (χ1v) is 9.94. The molecule has 0 saturated carbocycles. The molecule has 0 radical (unpaired) electrons. The largest absolute Gasteiger partial charge is 0.342 e. The number of piperidine rings is 1. The number of halogens is 2. The zero-order valence-corrected chi connectivity index (χ0v) is 16.3. The summed E-state index contributed by atoms with van der Waals surface area (Å²) in [7, 11) is 0. The van der Waals surface area contributed by atoms with Crippen molar-refractivity contribution in [3.05, 3.63) is 29.8 Å². The maximum absolute atomic E-state index is 13.3. The summed E-state index contributed by atoms with van der Waals surface area (Å²) >= 11 is 0. The standard InChI is InChI=1S/C20H28F2N4O2/c1-15(20(28)23-16-5-6-17(21)18(22)13-16)25-11-9-24(10-12-25)14-19(27)26-7-3-2-4-8-26/h5-6,13,15H,2-4,7-12,14H2,1H3,(H,23,28)/t15-/m1/s1. The Balaban J connectivity index is 1.44. The van der Waals surface area contributed by atoms with Gasteiger partial charge in [-0.3, -0.25) is 19.4 Å². The first-order chi connectivity index (χ1) is 13.4. The molecule has 1 aromatic rings. The van der Waals surface area contributed by atoms with Crippen LogP contribution in [-0.2, 0) is 9.59 Å². The second-order valence-electron chi connectivity index (χ2n) is 7.55. The van der Waals surface area contributed by atoms with E-state index in [-0.39, 0.29) is 17.5 Å². The van der Waals surface area contributed by atoms with Crippen LogP contribution < -0.4 is 5.32 Å². The monoisotopic (exact) mass is 394 g/mol. The van der Waals surface area contributed by atoms with E-state index in [9.17, 15) is 18.4 Å². The molecule has 154 valence electrons. The number of amides is 2. The van der Waals surface area contributed by atoms with Crippen LogP contribution >= 0.6 is 0 Å². The lowest BCUT2D eigenvalue weighted by molar-refractivity contribution is -0.134. The number of hydrogen-bond acceptors (Lipinski definition) is 4. The predicted molar refractivity (Wildman–Crippen MR) is 103 cm³/mol. The fourth-order valence-corrected chi connectivity index (χ4v) is 3.73. The van der Waals surface area contributed by atoms with Gasteiger partial charge >= 0.3 is 0 Å². The Morgan fingerprint density at radius 3 is 2.32 bits per heavy atom. The highest BCUT2D eigenvalue weighted by atomic mass is 19.2. The normalized spacial score (nSPS) is 20.0. The molecule has 2 amide bonds. The molecule has 8 heteroatoms. The SMILES string of the molecule is C[C@H](C(=O)Nc1ccc(F)c(F)c1)N1CCN(CC(=O)N2CCCCC2)CC1. The van der Waals surface area contributed by atoms with Crippen molar-refractivity contribution in [1.82, 2.24) is 14.7 Å². The van der Waals surface area contributed by atoms with E-state index < -0.39 is 17.7 Å². The van der Waals surface area contributed by atoms with Gasteiger partial charge in [-0.05, 0) is 38.3 Å². The Kier molecular flexibility index (Phi) is 6.96. The minimum absolute atomic E-state index is 0.192. The van der Waals surface area contributed by atoms with Crippen LogP contribution in [0.2, 0.25) is 0 Å². The molecule has 0 aliphatic carbocycles. The summed E-state index contributed by atoms with van der Waals surface area (Å²) < 4.78 is 26.3. The third-order valence-corrected chi connectivity index (χ3v) is 5.59. The van der Waals surface area contributed by atoms with Crippen molar-refractivity contribution in [2.24, 2.45) is 0 Å². The number of carbonyl (C=O) groups is 2. The molecule has 2 saturated heterocycles. The summed E-state index contributed by atoms with van der Waals surface area (Å²) in [5.74, 6) is -2.00. The fraction of sp³-hybridized carbons (Fsp3) is 0.600. The Morgan fingerprint density at radius 1 is 1.00 bits per heavy atom. The molecule has 2 heterocycles. The van der Waals surface area contributed by atoms with Crippen LogP contribution in [0.15, 0.2) is 18.2 Å². The van der Waals surface area contributed by atoms with Crippen molar-refractivity contribution < 1.29 is 18.4 Å². The topological polar surface area (TPSA) is 55.9 Å². The highest BCUT2D eigenvalue weighted by Crippen LogP contribution is 2.15. The van der Waals surface area contributed by atoms with Gasteiger partial charge in [0.25, 0.3) is 0 Å². The van der Waals surface area contributed by atoms with Crippen molar-refractivity contribution >= 4 is 17.5 Å². The molecule has 28 heavy (non-hydrogen) atoms. The van der Waals surface area contributed by atoms with Crippen LogP contribution in [0.25, 0.3) is 0 Å². The van der Waals surface area contributed by atoms with Crippen molar-refractivity contribution in [3.63, 3.8) is 0 Å². The second kappa shape index (κ2) is 9.43. The number of nitrogens with zero attached hydrogens (tertiary/aromatic N) is 3. The number of hydrogen-bond donors (Lipinski definition) is 1. The molecule has 2 aliphatic heterocycles. The molecule has 3 rings (SSSR count). The average molecular weight is 394 g/mol. The van der Waals surface area contributed by atoms with Crippen LogP contribution in [0.5, 0.6) is 0 Å². The van der Waals surface area contributed by atoms with Crippen LogP contribution in [0, 0.1) is 11.6 Å². The van der Waals surface area contributed by atoms with Gasteiger partial charge in [-0.15, -0.1) is 0 Å². The van der Waals surface area contributed by atoms with Gasteiger partial charge < -0.3 is 10.2 Å². The highest BCUT2D eigenvalue weighted by molar-refractivity contribution is 5.94. The van der Waals surface area contributed by atoms with Gasteiger partial charge in [-0.25, -0.2) is 8.78 Å². The van der Waals surface area contributed by atoms with Crippen molar-refractivity contribution in [3.8, 4) is 0 Å². The lowest BCUT2D eigenvalue weighted by atomic mass is 10.1. The molecule has 1 N–H and O–H groups in total. The number of likely N-dealkylation sites (tertiary alicyclic amines) is 1. The van der Waals surface area contributed by atoms with Gasteiger partial charge in [-0.2, -0.15) is 0 Å². The second-order valence-corrected chi connectivity index (χ2v) is 7.55. The number of anilines is 1. The molecule has 0 bridgehead atoms. The van der Waals surface area contributed by atoms with E-state index in [0.717, 1.165) is 51.2 Å². The third kappa shape index (κ3) is 5.26. The summed E-state index contributed by atoms with van der Waals surface area (Å²) in [6, 6.07) is 2.92. The van der Waals surface area contributed by atoms with Crippen LogP contribution in [0.4, 0.5) is 14.5 Å². The van der Waals surface area contributed by atoms with Crippen LogP contribution in [0.1, 0.15) is 26.2 Å². The maximum Gasteiger partial charge on any atom is 0.241 e. The van der Waals surface area contributed by atoms with Gasteiger partial charge in [0, 0.05) is 51.0 Å². The van der Waals surface area contributed by atoms with E-state index in [4.69, 9.17) is 0 Å². The van der Waals surface area contributed by atoms with Gasteiger partial charge in [0.1, 0.15) is 0 Å². The van der Waals surface area contributed by atoms with Crippen LogP contribution in [0.3, 0.4) is 0 Å². The zero-order chi connectivity index (χ0) is 20.1. The molecule has 0 unspecified atom stereocenters. The third-order valence-electron chi connectivity index (χ3n) is 5.59. The summed E-state index contributed by atoms with van der Waals surface area (Å²) in [4.78, 5) is 30.9. The Morgan fingerprint density at radius 2 is 1.68 bits per heavy atom. The average Bonchev–Trinajstić information content (AvgIpc) is 2.71. The van der Waals surface area contributed by atoms with E-state index in [1.165, 1.54) is 12.5 Å². The molecule has 6 nitrogen and oxygen atoms in total. The Hall–Kier alpha value is -2.06. The maximum atomic E-state index is 13.3. The number of rotatable bonds is 5. The van der Waals surface area contributed by atoms with Crippen molar-refractivity contribution in [2.75, 3.05) is 51.1 Å². The molecule has 1 atom stereocenters. The quantitative estimate of drug-likeness (QED) is 0.829. The number of piperazine rings is 1. The van der Waals surface area contributed by atoms with Gasteiger partial charge in [-0.1, -0.05) is 0 Å². The molecule has 2 fully saturated rings. The molecule has 1 aromatic carbocycles.